The molecule has 2 aliphatic rings. The number of hydrogen-bond donors (Lipinski definition) is 4. The summed E-state index contributed by atoms with van der Waals surface area (Å²) in [6.07, 6.45) is 2.11. The minimum atomic E-state index is -0.964. The maximum absolute atomic E-state index is 13.3. The molecule has 3 heterocycles. The van der Waals surface area contributed by atoms with Gasteiger partial charge in [-0.3, -0.25) is 19.1 Å². The van der Waals surface area contributed by atoms with Crippen LogP contribution in [0.3, 0.4) is 0 Å². The molecule has 3 atom stereocenters. The number of aliphatic carboxylic acids is 1. The van der Waals surface area contributed by atoms with Crippen LogP contribution in [0.15, 0.2) is 30.3 Å². The molecular formula is C26H36N4O7. The SMILES string of the molecule is CCCCN(CCN)C(=O)CN1C[C@H](c2ccc3c(c2)OCO3)C(C(=O)O)[C@@H]1CCn1c(O)ccc1O. The van der Waals surface area contributed by atoms with Crippen molar-refractivity contribution in [3.05, 3.63) is 35.9 Å². The Hall–Kier alpha value is -3.44. The number of ether oxygens (including phenoxy) is 2. The highest BCUT2D eigenvalue weighted by Crippen LogP contribution is 2.43. The van der Waals surface area contributed by atoms with E-state index >= 15 is 0 Å². The Balaban J connectivity index is 1.61. The van der Waals surface area contributed by atoms with E-state index in [4.69, 9.17) is 15.2 Å². The van der Waals surface area contributed by atoms with E-state index in [0.717, 1.165) is 18.4 Å². The molecule has 1 amide bonds. The average Bonchev–Trinajstić information content (AvgIpc) is 3.57. The second kappa shape index (κ2) is 11.7. The van der Waals surface area contributed by atoms with Gasteiger partial charge in [-0.05, 0) is 30.5 Å². The Labute approximate surface area is 216 Å². The van der Waals surface area contributed by atoms with Crippen LogP contribution in [0.1, 0.15) is 37.7 Å². The van der Waals surface area contributed by atoms with Crippen LogP contribution in [-0.2, 0) is 16.1 Å². The van der Waals surface area contributed by atoms with Crippen molar-refractivity contribution in [2.45, 2.75) is 44.7 Å². The zero-order valence-electron chi connectivity index (χ0n) is 21.1. The van der Waals surface area contributed by atoms with Crippen LogP contribution in [0.25, 0.3) is 0 Å². The number of carbonyl (C=O) groups is 2. The van der Waals surface area contributed by atoms with E-state index in [9.17, 15) is 24.9 Å². The Kier molecular flexibility index (Phi) is 8.45. The van der Waals surface area contributed by atoms with E-state index in [1.165, 1.54) is 16.7 Å². The van der Waals surface area contributed by atoms with E-state index in [1.807, 2.05) is 17.0 Å². The normalized spacial score (nSPS) is 20.9. The predicted molar refractivity (Wildman–Crippen MR) is 135 cm³/mol. The minimum absolute atomic E-state index is 0.0584. The molecular weight excluding hydrogens is 480 g/mol. The maximum Gasteiger partial charge on any atom is 0.308 e. The van der Waals surface area contributed by atoms with Crippen LogP contribution in [0.5, 0.6) is 23.3 Å². The number of fused-ring (bicyclic) bond motifs is 1. The third kappa shape index (κ3) is 5.78. The number of nitrogens with two attached hydrogens (primary N) is 1. The third-order valence-electron chi connectivity index (χ3n) is 7.31. The number of carboxylic acid groups (broad SMARTS) is 1. The number of carboxylic acids is 1. The van der Waals surface area contributed by atoms with Gasteiger partial charge in [-0.15, -0.1) is 0 Å². The number of benzene rings is 1. The number of likely N-dealkylation sites (tertiary alicyclic amines) is 1. The first-order chi connectivity index (χ1) is 17.8. The highest BCUT2D eigenvalue weighted by molar-refractivity contribution is 5.79. The van der Waals surface area contributed by atoms with Gasteiger partial charge in [-0.2, -0.15) is 0 Å². The smallest absolute Gasteiger partial charge is 0.308 e. The van der Waals surface area contributed by atoms with Gasteiger partial charge in [0.05, 0.1) is 12.5 Å². The summed E-state index contributed by atoms with van der Waals surface area (Å²) in [5.74, 6) is -1.29. The van der Waals surface area contributed by atoms with Gasteiger partial charge >= 0.3 is 5.97 Å². The number of carbonyl (C=O) groups excluding carboxylic acids is 1. The minimum Gasteiger partial charge on any atom is -0.494 e. The monoisotopic (exact) mass is 516 g/mol. The van der Waals surface area contributed by atoms with Gasteiger partial charge in [0.25, 0.3) is 0 Å². The Morgan fingerprint density at radius 2 is 1.84 bits per heavy atom. The van der Waals surface area contributed by atoms with Crippen molar-refractivity contribution < 1.29 is 34.4 Å². The van der Waals surface area contributed by atoms with Crippen LogP contribution in [-0.4, -0.2) is 87.1 Å². The molecule has 0 aliphatic carbocycles. The Bertz CT molecular complexity index is 1090. The lowest BCUT2D eigenvalue weighted by molar-refractivity contribution is -0.143. The summed E-state index contributed by atoms with van der Waals surface area (Å²) < 4.78 is 12.3. The molecule has 11 nitrogen and oxygen atoms in total. The summed E-state index contributed by atoms with van der Waals surface area (Å²) in [4.78, 5) is 29.6. The molecule has 0 radical (unpaired) electrons. The number of nitrogens with zero attached hydrogens (tertiary/aromatic N) is 3. The van der Waals surface area contributed by atoms with Gasteiger partial charge in [0.15, 0.2) is 23.3 Å². The molecule has 1 aromatic carbocycles. The van der Waals surface area contributed by atoms with Crippen LogP contribution in [0.4, 0.5) is 0 Å². The van der Waals surface area contributed by atoms with Crippen molar-refractivity contribution >= 4 is 11.9 Å². The molecule has 0 saturated carbocycles. The van der Waals surface area contributed by atoms with Gasteiger partial charge in [0.1, 0.15) is 0 Å². The summed E-state index contributed by atoms with van der Waals surface area (Å²) in [6, 6.07) is 7.70. The van der Waals surface area contributed by atoms with Crippen molar-refractivity contribution in [1.29, 1.82) is 0 Å². The highest BCUT2D eigenvalue weighted by atomic mass is 16.7. The summed E-state index contributed by atoms with van der Waals surface area (Å²) in [5, 5.41) is 30.5. The van der Waals surface area contributed by atoms with Crippen molar-refractivity contribution in [3.8, 4) is 23.3 Å². The summed E-state index contributed by atoms with van der Waals surface area (Å²) >= 11 is 0. The van der Waals surface area contributed by atoms with Crippen molar-refractivity contribution in [3.63, 3.8) is 0 Å². The number of rotatable bonds is 12. The molecule has 1 aromatic heterocycles. The van der Waals surface area contributed by atoms with E-state index in [1.54, 1.807) is 11.0 Å². The molecule has 1 unspecified atom stereocenters. The fourth-order valence-electron chi connectivity index (χ4n) is 5.41. The van der Waals surface area contributed by atoms with Crippen LogP contribution in [0.2, 0.25) is 0 Å². The molecule has 4 rings (SSSR count). The van der Waals surface area contributed by atoms with Gasteiger partial charge in [0, 0.05) is 56.8 Å². The van der Waals surface area contributed by atoms with E-state index in [2.05, 4.69) is 6.92 Å². The molecule has 2 aromatic rings. The van der Waals surface area contributed by atoms with Gasteiger partial charge in [-0.25, -0.2) is 0 Å². The summed E-state index contributed by atoms with van der Waals surface area (Å²) in [6.45, 7) is 4.18. The van der Waals surface area contributed by atoms with Gasteiger partial charge < -0.3 is 35.4 Å². The Morgan fingerprint density at radius 1 is 1.11 bits per heavy atom. The number of amides is 1. The standard InChI is InChI=1S/C26H36N4O7/c1-2-3-10-28(12-9-27)24(33)15-29-14-18(17-4-5-20-21(13-17)37-16-36-20)25(26(34)35)19(29)8-11-30-22(31)6-7-23(30)32/h4-7,13,18-19,25,31-32H,2-3,8-12,14-16,27H2,1H3,(H,34,35)/t18-,19+,25?/m1/s1. The molecule has 202 valence electrons. The average molecular weight is 517 g/mol. The van der Waals surface area contributed by atoms with Crippen LogP contribution < -0.4 is 15.2 Å². The number of hydrogen-bond acceptors (Lipinski definition) is 8. The number of aromatic nitrogens is 1. The topological polar surface area (TPSA) is 151 Å². The fourth-order valence-corrected chi connectivity index (χ4v) is 5.41. The summed E-state index contributed by atoms with van der Waals surface area (Å²) in [5.41, 5.74) is 6.55. The lowest BCUT2D eigenvalue weighted by Crippen LogP contribution is -2.46. The summed E-state index contributed by atoms with van der Waals surface area (Å²) in [7, 11) is 0. The molecule has 0 spiro atoms. The zero-order valence-corrected chi connectivity index (χ0v) is 21.1. The molecule has 1 fully saturated rings. The van der Waals surface area contributed by atoms with Crippen LogP contribution >= 0.6 is 0 Å². The lowest BCUT2D eigenvalue weighted by Gasteiger charge is -2.29. The lowest BCUT2D eigenvalue weighted by atomic mass is 9.84. The molecule has 0 bridgehead atoms. The highest BCUT2D eigenvalue weighted by Gasteiger charge is 2.47. The fraction of sp³-hybridized carbons (Fsp3) is 0.538. The first-order valence-corrected chi connectivity index (χ1v) is 12.8. The van der Waals surface area contributed by atoms with Crippen molar-refractivity contribution in [1.82, 2.24) is 14.4 Å². The molecule has 5 N–H and O–H groups in total. The van der Waals surface area contributed by atoms with Crippen LogP contribution in [0, 0.1) is 5.92 Å². The van der Waals surface area contributed by atoms with E-state index in [0.29, 0.717) is 44.1 Å². The molecule has 1 saturated heterocycles. The van der Waals surface area contributed by atoms with Gasteiger partial charge in [-0.1, -0.05) is 19.4 Å². The first kappa shape index (κ1) is 26.6. The Morgan fingerprint density at radius 3 is 2.51 bits per heavy atom. The van der Waals surface area contributed by atoms with E-state index in [-0.39, 0.29) is 37.5 Å². The van der Waals surface area contributed by atoms with Crippen molar-refractivity contribution in [2.24, 2.45) is 11.7 Å². The maximum atomic E-state index is 13.3. The van der Waals surface area contributed by atoms with E-state index < -0.39 is 23.8 Å². The first-order valence-electron chi connectivity index (χ1n) is 12.8. The van der Waals surface area contributed by atoms with Crippen molar-refractivity contribution in [2.75, 3.05) is 39.5 Å². The molecule has 11 heteroatoms. The number of unbranched alkanes of at least 4 members (excludes halogenated alkanes) is 1. The van der Waals surface area contributed by atoms with Gasteiger partial charge in [0.2, 0.25) is 12.7 Å². The third-order valence-corrected chi connectivity index (χ3v) is 7.31. The predicted octanol–water partition coefficient (Wildman–Crippen LogP) is 1.77. The zero-order chi connectivity index (χ0) is 26.5. The second-order valence-electron chi connectivity index (χ2n) is 9.59. The number of aromatic hydroxyl groups is 2. The largest absolute Gasteiger partial charge is 0.494 e. The molecule has 37 heavy (non-hydrogen) atoms. The second-order valence-corrected chi connectivity index (χ2v) is 9.59. The quantitative estimate of drug-likeness (QED) is 0.331. The molecule has 2 aliphatic heterocycles.